The van der Waals surface area contributed by atoms with Crippen LogP contribution < -0.4 is 0 Å². The van der Waals surface area contributed by atoms with E-state index in [4.69, 9.17) is 0 Å². The van der Waals surface area contributed by atoms with Gasteiger partial charge in [-0.3, -0.25) is 4.79 Å². The second kappa shape index (κ2) is 5.70. The molecule has 3 unspecified atom stereocenters. The van der Waals surface area contributed by atoms with Gasteiger partial charge in [0.05, 0.1) is 10.1 Å². The van der Waals surface area contributed by atoms with Crippen molar-refractivity contribution in [1.29, 1.82) is 0 Å². The van der Waals surface area contributed by atoms with Crippen LogP contribution in [0.2, 0.25) is 0 Å². The maximum atomic E-state index is 13.3. The van der Waals surface area contributed by atoms with Gasteiger partial charge in [0.15, 0.2) is 9.84 Å². The Labute approximate surface area is 148 Å². The van der Waals surface area contributed by atoms with Crippen molar-refractivity contribution in [3.8, 4) is 0 Å². The van der Waals surface area contributed by atoms with Crippen LogP contribution >= 0.6 is 0 Å². The monoisotopic (exact) mass is 355 g/mol. The lowest BCUT2D eigenvalue weighted by Crippen LogP contribution is -2.39. The minimum atomic E-state index is -3.56. The van der Waals surface area contributed by atoms with Crippen LogP contribution in [0.1, 0.15) is 34.9 Å². The molecule has 0 radical (unpaired) electrons. The number of carbonyl (C=O) groups is 1. The Morgan fingerprint density at radius 3 is 2.40 bits per heavy atom. The lowest BCUT2D eigenvalue weighted by molar-refractivity contribution is -0.128. The Balaban J connectivity index is 1.91. The highest BCUT2D eigenvalue weighted by atomic mass is 32.2. The standard InChI is InChI=1S/C20H21NO3S/c1-21(2)19(22)12-18-20-14-8-4-3-7-13(14)11-16(20)15-9-5-6-10-17(15)25(18,23)24/h3-10,16,18,20H,11-12H2,1-2H3. The zero-order chi connectivity index (χ0) is 17.8. The summed E-state index contributed by atoms with van der Waals surface area (Å²) in [5.41, 5.74) is 3.19. The van der Waals surface area contributed by atoms with Crippen molar-refractivity contribution in [3.63, 3.8) is 0 Å². The summed E-state index contributed by atoms with van der Waals surface area (Å²) in [5, 5.41) is -0.703. The molecule has 3 atom stereocenters. The van der Waals surface area contributed by atoms with Crippen LogP contribution in [0.3, 0.4) is 0 Å². The van der Waals surface area contributed by atoms with E-state index in [0.717, 1.165) is 17.5 Å². The maximum absolute atomic E-state index is 13.3. The molecule has 0 saturated carbocycles. The van der Waals surface area contributed by atoms with Crippen LogP contribution in [0.15, 0.2) is 53.4 Å². The number of rotatable bonds is 2. The molecule has 1 amide bonds. The van der Waals surface area contributed by atoms with Crippen LogP contribution in [-0.2, 0) is 21.1 Å². The molecule has 0 fully saturated rings. The van der Waals surface area contributed by atoms with E-state index in [2.05, 4.69) is 6.07 Å². The molecule has 0 N–H and O–H groups in total. The van der Waals surface area contributed by atoms with Gasteiger partial charge >= 0.3 is 0 Å². The third-order valence-corrected chi connectivity index (χ3v) is 7.83. The number of sulfone groups is 1. The van der Waals surface area contributed by atoms with E-state index in [-0.39, 0.29) is 24.2 Å². The van der Waals surface area contributed by atoms with Gasteiger partial charge in [0.25, 0.3) is 0 Å². The zero-order valence-corrected chi connectivity index (χ0v) is 15.2. The van der Waals surface area contributed by atoms with Crippen molar-refractivity contribution in [3.05, 3.63) is 65.2 Å². The normalized spacial score (nSPS) is 25.6. The molecular formula is C20H21NO3S. The van der Waals surface area contributed by atoms with Gasteiger partial charge in [0.1, 0.15) is 0 Å². The van der Waals surface area contributed by atoms with Crippen LogP contribution in [0.4, 0.5) is 0 Å². The predicted molar refractivity (Wildman–Crippen MR) is 96.4 cm³/mol. The molecule has 4 rings (SSSR count). The fourth-order valence-corrected chi connectivity index (χ4v) is 6.61. The van der Waals surface area contributed by atoms with E-state index < -0.39 is 15.1 Å². The number of hydrogen-bond acceptors (Lipinski definition) is 3. The van der Waals surface area contributed by atoms with Crippen molar-refractivity contribution in [2.24, 2.45) is 0 Å². The number of fused-ring (bicyclic) bond motifs is 5. The average molecular weight is 355 g/mol. The summed E-state index contributed by atoms with van der Waals surface area (Å²) in [6.45, 7) is 0. The van der Waals surface area contributed by atoms with Gasteiger partial charge in [-0.1, -0.05) is 42.5 Å². The second-order valence-electron chi connectivity index (χ2n) is 7.15. The molecule has 0 bridgehead atoms. The van der Waals surface area contributed by atoms with E-state index in [0.29, 0.717) is 4.90 Å². The Kier molecular flexibility index (Phi) is 3.72. The summed E-state index contributed by atoms with van der Waals surface area (Å²) in [7, 11) is -0.211. The molecule has 2 aromatic carbocycles. The molecule has 130 valence electrons. The third-order valence-electron chi connectivity index (χ3n) is 5.59. The molecule has 1 heterocycles. The molecule has 1 aliphatic heterocycles. The fourth-order valence-electron chi connectivity index (χ4n) is 4.38. The second-order valence-corrected chi connectivity index (χ2v) is 9.28. The number of carbonyl (C=O) groups excluding carboxylic acids is 1. The highest BCUT2D eigenvalue weighted by molar-refractivity contribution is 7.92. The number of benzene rings is 2. The molecule has 25 heavy (non-hydrogen) atoms. The van der Waals surface area contributed by atoms with Crippen molar-refractivity contribution in [1.82, 2.24) is 4.90 Å². The van der Waals surface area contributed by atoms with Crippen LogP contribution in [0.5, 0.6) is 0 Å². The van der Waals surface area contributed by atoms with Gasteiger partial charge in [-0.15, -0.1) is 0 Å². The van der Waals surface area contributed by atoms with Crippen LogP contribution in [0.25, 0.3) is 0 Å². The minimum Gasteiger partial charge on any atom is -0.349 e. The summed E-state index contributed by atoms with van der Waals surface area (Å²) in [6, 6.07) is 15.3. The third kappa shape index (κ3) is 2.41. The molecule has 2 aromatic rings. The summed E-state index contributed by atoms with van der Waals surface area (Å²) in [6.07, 6.45) is 0.860. The van der Waals surface area contributed by atoms with E-state index in [9.17, 15) is 13.2 Å². The van der Waals surface area contributed by atoms with Crippen LogP contribution in [-0.4, -0.2) is 38.6 Å². The Bertz CT molecular complexity index is 949. The smallest absolute Gasteiger partial charge is 0.223 e. The number of hydrogen-bond donors (Lipinski definition) is 0. The summed E-state index contributed by atoms with van der Waals surface area (Å²) < 4.78 is 26.7. The molecule has 1 aliphatic carbocycles. The molecule has 4 nitrogen and oxygen atoms in total. The number of amides is 1. The van der Waals surface area contributed by atoms with Gasteiger partial charge in [0.2, 0.25) is 5.91 Å². The first-order valence-electron chi connectivity index (χ1n) is 8.52. The first kappa shape index (κ1) is 16.3. The van der Waals surface area contributed by atoms with E-state index in [1.165, 1.54) is 10.5 Å². The highest BCUT2D eigenvalue weighted by Gasteiger charge is 2.50. The number of nitrogens with zero attached hydrogens (tertiary/aromatic N) is 1. The largest absolute Gasteiger partial charge is 0.349 e. The van der Waals surface area contributed by atoms with E-state index in [1.807, 2.05) is 30.3 Å². The van der Waals surface area contributed by atoms with Crippen molar-refractivity contribution in [2.45, 2.75) is 34.8 Å². The fraction of sp³-hybridized carbons (Fsp3) is 0.350. The van der Waals surface area contributed by atoms with E-state index >= 15 is 0 Å². The van der Waals surface area contributed by atoms with Crippen molar-refractivity contribution < 1.29 is 13.2 Å². The van der Waals surface area contributed by atoms with Gasteiger partial charge < -0.3 is 4.90 Å². The van der Waals surface area contributed by atoms with Crippen molar-refractivity contribution in [2.75, 3.05) is 14.1 Å². The lowest BCUT2D eigenvalue weighted by Gasteiger charge is -2.36. The first-order valence-corrected chi connectivity index (χ1v) is 10.1. The highest BCUT2D eigenvalue weighted by Crippen LogP contribution is 2.54. The molecule has 2 aliphatic rings. The Hall–Kier alpha value is -2.14. The van der Waals surface area contributed by atoms with Crippen LogP contribution in [0, 0.1) is 0 Å². The molecule has 0 aromatic heterocycles. The SMILES string of the molecule is CN(C)C(=O)CC1C2c3ccccc3CC2c2ccccc2S1(=O)=O. The topological polar surface area (TPSA) is 54.5 Å². The zero-order valence-electron chi connectivity index (χ0n) is 14.3. The average Bonchev–Trinajstić information content (AvgIpc) is 2.98. The van der Waals surface area contributed by atoms with Gasteiger partial charge in [-0.25, -0.2) is 8.42 Å². The lowest BCUT2D eigenvalue weighted by atomic mass is 9.82. The molecule has 5 heteroatoms. The summed E-state index contributed by atoms with van der Waals surface area (Å²) in [4.78, 5) is 14.3. The van der Waals surface area contributed by atoms with E-state index in [1.54, 1.807) is 26.2 Å². The first-order chi connectivity index (χ1) is 11.9. The molecule has 0 spiro atoms. The minimum absolute atomic E-state index is 0.0270. The quantitative estimate of drug-likeness (QED) is 0.832. The molecule has 0 saturated heterocycles. The summed E-state index contributed by atoms with van der Waals surface area (Å²) in [5.74, 6) is -0.173. The summed E-state index contributed by atoms with van der Waals surface area (Å²) >= 11 is 0. The molecular weight excluding hydrogens is 334 g/mol. The van der Waals surface area contributed by atoms with Gasteiger partial charge in [-0.2, -0.15) is 0 Å². The van der Waals surface area contributed by atoms with Crippen molar-refractivity contribution >= 4 is 15.7 Å². The Morgan fingerprint density at radius 1 is 1.04 bits per heavy atom. The van der Waals surface area contributed by atoms with Gasteiger partial charge in [-0.05, 0) is 35.1 Å². The maximum Gasteiger partial charge on any atom is 0.223 e. The Morgan fingerprint density at radius 2 is 1.68 bits per heavy atom. The predicted octanol–water partition coefficient (Wildman–Crippen LogP) is 2.74. The van der Waals surface area contributed by atoms with Gasteiger partial charge in [0, 0.05) is 26.4 Å².